The van der Waals surface area contributed by atoms with Gasteiger partial charge >= 0.3 is 5.97 Å². The van der Waals surface area contributed by atoms with E-state index in [2.05, 4.69) is 5.43 Å². The Balaban J connectivity index is 1.44. The maximum Gasteiger partial charge on any atom is 0.338 e. The van der Waals surface area contributed by atoms with Gasteiger partial charge in [0.15, 0.2) is 0 Å². The Morgan fingerprint density at radius 1 is 1.11 bits per heavy atom. The fourth-order valence-corrected chi connectivity index (χ4v) is 4.68. The third kappa shape index (κ3) is 6.64. The number of benzene rings is 2. The molecule has 0 radical (unpaired) electrons. The van der Waals surface area contributed by atoms with Gasteiger partial charge in [-0.25, -0.2) is 9.47 Å². The molecule has 10 heteroatoms. The average molecular weight is 525 g/mol. The van der Waals surface area contributed by atoms with E-state index in [0.29, 0.717) is 27.9 Å². The lowest BCUT2D eigenvalue weighted by Crippen LogP contribution is -2.37. The molecule has 2 amide bonds. The number of carbonyl (C=O) groups is 3. The average Bonchev–Trinajstić information content (AvgIpc) is 3.65. The summed E-state index contributed by atoms with van der Waals surface area (Å²) in [5, 5.41) is 8.29. The zero-order chi connectivity index (χ0) is 26.7. The van der Waals surface area contributed by atoms with E-state index in [1.54, 1.807) is 37.3 Å². The minimum atomic E-state index is -0.427. The molecule has 37 heavy (non-hydrogen) atoms. The number of esters is 1. The van der Waals surface area contributed by atoms with Crippen molar-refractivity contribution < 1.29 is 23.9 Å². The largest absolute Gasteiger partial charge is 0.462 e. The summed E-state index contributed by atoms with van der Waals surface area (Å²) >= 11 is 1.15. The van der Waals surface area contributed by atoms with Gasteiger partial charge in [-0.15, -0.1) is 0 Å². The van der Waals surface area contributed by atoms with Crippen LogP contribution in [0.4, 0.5) is 0 Å². The van der Waals surface area contributed by atoms with Crippen LogP contribution in [0.1, 0.15) is 66.8 Å². The molecule has 3 aromatic rings. The monoisotopic (exact) mass is 524 g/mol. The van der Waals surface area contributed by atoms with Crippen molar-refractivity contribution in [2.75, 3.05) is 18.6 Å². The molecule has 0 saturated heterocycles. The van der Waals surface area contributed by atoms with Crippen molar-refractivity contribution in [3.63, 3.8) is 0 Å². The number of amides is 2. The minimum absolute atomic E-state index is 0.0333. The van der Waals surface area contributed by atoms with Crippen LogP contribution in [0.5, 0.6) is 0 Å². The molecule has 0 bridgehead atoms. The van der Waals surface area contributed by atoms with Gasteiger partial charge in [-0.3, -0.25) is 20.4 Å². The smallest absolute Gasteiger partial charge is 0.338 e. The Morgan fingerprint density at radius 2 is 1.78 bits per heavy atom. The van der Waals surface area contributed by atoms with E-state index in [0.717, 1.165) is 29.7 Å². The number of nitrogens with zero attached hydrogens (tertiary/aromatic N) is 2. The number of nitrogens with one attached hydrogen (secondary N) is 2. The van der Waals surface area contributed by atoms with Gasteiger partial charge in [0.2, 0.25) is 10.7 Å². The van der Waals surface area contributed by atoms with Crippen LogP contribution in [0, 0.1) is 5.41 Å². The second-order valence-electron chi connectivity index (χ2n) is 9.94. The number of hydrogen-bond acceptors (Lipinski definition) is 7. The number of carbonyl (C=O) groups excluding carboxylic acids is 3. The summed E-state index contributed by atoms with van der Waals surface area (Å²) in [6.45, 7) is 8.30. The molecule has 9 nitrogen and oxygen atoms in total. The van der Waals surface area contributed by atoms with E-state index in [9.17, 15) is 14.4 Å². The highest BCUT2D eigenvalue weighted by Crippen LogP contribution is 2.29. The molecule has 0 spiro atoms. The lowest BCUT2D eigenvalue weighted by Gasteiger charge is -2.25. The SMILES string of the molecule is CCOC(=O)c1ccc2c(c1)sc(=N)n2NC(=O)c1ccc(CN(C(=O)COC(C)(C)C)C2CC2)cc1. The van der Waals surface area contributed by atoms with Crippen molar-refractivity contribution in [1.29, 1.82) is 5.41 Å². The van der Waals surface area contributed by atoms with Gasteiger partial charge in [-0.1, -0.05) is 23.5 Å². The zero-order valence-corrected chi connectivity index (χ0v) is 22.3. The first-order valence-corrected chi connectivity index (χ1v) is 13.1. The second-order valence-corrected chi connectivity index (χ2v) is 11.0. The highest BCUT2D eigenvalue weighted by Gasteiger charge is 2.33. The van der Waals surface area contributed by atoms with Crippen LogP contribution >= 0.6 is 11.3 Å². The number of rotatable bonds is 9. The van der Waals surface area contributed by atoms with E-state index in [-0.39, 0.29) is 41.5 Å². The number of thiazole rings is 1. The van der Waals surface area contributed by atoms with Crippen LogP contribution in [0.2, 0.25) is 0 Å². The fraction of sp³-hybridized carbons (Fsp3) is 0.407. The second kappa shape index (κ2) is 10.9. The van der Waals surface area contributed by atoms with Crippen molar-refractivity contribution >= 4 is 39.3 Å². The highest BCUT2D eigenvalue weighted by atomic mass is 32.1. The number of hydrogen-bond donors (Lipinski definition) is 2. The van der Waals surface area contributed by atoms with Gasteiger partial charge in [0.25, 0.3) is 5.91 Å². The topological polar surface area (TPSA) is 114 Å². The number of aromatic nitrogens is 1. The molecule has 1 heterocycles. The normalized spacial score (nSPS) is 13.4. The fourth-order valence-electron chi connectivity index (χ4n) is 3.78. The third-order valence-corrected chi connectivity index (χ3v) is 6.76. The van der Waals surface area contributed by atoms with Crippen LogP contribution in [0.25, 0.3) is 10.2 Å². The maximum atomic E-state index is 12.9. The van der Waals surface area contributed by atoms with Crippen molar-refractivity contribution in [3.05, 3.63) is 64.0 Å². The summed E-state index contributed by atoms with van der Waals surface area (Å²) in [6.07, 6.45) is 1.98. The van der Waals surface area contributed by atoms with Crippen LogP contribution in [-0.4, -0.2) is 52.2 Å². The first-order valence-electron chi connectivity index (χ1n) is 12.3. The maximum absolute atomic E-state index is 12.9. The summed E-state index contributed by atoms with van der Waals surface area (Å²) in [4.78, 5) is 39.7. The molecule has 1 fully saturated rings. The first kappa shape index (κ1) is 26.6. The summed E-state index contributed by atoms with van der Waals surface area (Å²) < 4.78 is 12.8. The molecule has 4 rings (SSSR count). The summed E-state index contributed by atoms with van der Waals surface area (Å²) in [6, 6.07) is 12.3. The number of fused-ring (bicyclic) bond motifs is 1. The van der Waals surface area contributed by atoms with Gasteiger partial charge in [0.05, 0.1) is 28.0 Å². The lowest BCUT2D eigenvalue weighted by molar-refractivity contribution is -0.142. The standard InChI is InChI=1S/C27H32N4O5S/c1-5-35-25(34)19-10-13-21-22(14-19)37-26(28)31(21)29-24(33)18-8-6-17(7-9-18)15-30(20-11-12-20)23(32)16-36-27(2,3)4/h6-10,13-14,20,28H,5,11-12,15-16H2,1-4H3,(H,29,33). The van der Waals surface area contributed by atoms with E-state index in [4.69, 9.17) is 14.9 Å². The minimum Gasteiger partial charge on any atom is -0.462 e. The predicted molar refractivity (Wildman–Crippen MR) is 141 cm³/mol. The lowest BCUT2D eigenvalue weighted by atomic mass is 10.1. The van der Waals surface area contributed by atoms with Crippen LogP contribution < -0.4 is 10.2 Å². The molecule has 1 aliphatic carbocycles. The molecule has 2 aromatic carbocycles. The molecule has 1 saturated carbocycles. The van der Waals surface area contributed by atoms with E-state index < -0.39 is 5.97 Å². The third-order valence-electron chi connectivity index (χ3n) is 5.84. The first-order chi connectivity index (χ1) is 17.6. The molecular weight excluding hydrogens is 492 g/mol. The molecule has 2 N–H and O–H groups in total. The number of ether oxygens (including phenoxy) is 2. The molecular formula is C27H32N4O5S. The van der Waals surface area contributed by atoms with Crippen molar-refractivity contribution in [1.82, 2.24) is 9.58 Å². The van der Waals surface area contributed by atoms with Gasteiger partial charge in [0.1, 0.15) is 6.61 Å². The van der Waals surface area contributed by atoms with Gasteiger partial charge in [-0.2, -0.15) is 0 Å². The predicted octanol–water partition coefficient (Wildman–Crippen LogP) is 4.05. The van der Waals surface area contributed by atoms with E-state index >= 15 is 0 Å². The molecule has 1 aromatic heterocycles. The quantitative estimate of drug-likeness (QED) is 0.410. The van der Waals surface area contributed by atoms with Crippen molar-refractivity contribution in [2.45, 2.75) is 58.7 Å². The highest BCUT2D eigenvalue weighted by molar-refractivity contribution is 7.16. The Bertz CT molecular complexity index is 1370. The molecule has 0 atom stereocenters. The Hall–Kier alpha value is -3.50. The summed E-state index contributed by atoms with van der Waals surface area (Å²) in [5.74, 6) is -0.828. The van der Waals surface area contributed by atoms with Crippen molar-refractivity contribution in [2.24, 2.45) is 0 Å². The van der Waals surface area contributed by atoms with Crippen LogP contribution in [-0.2, 0) is 20.8 Å². The van der Waals surface area contributed by atoms with Gasteiger partial charge in [-0.05, 0) is 76.4 Å². The Labute approximate surface area is 219 Å². The van der Waals surface area contributed by atoms with Gasteiger partial charge in [0, 0.05) is 18.2 Å². The Morgan fingerprint density at radius 3 is 2.41 bits per heavy atom. The Kier molecular flexibility index (Phi) is 7.79. The van der Waals surface area contributed by atoms with Crippen LogP contribution in [0.3, 0.4) is 0 Å². The van der Waals surface area contributed by atoms with Gasteiger partial charge < -0.3 is 14.4 Å². The molecule has 0 unspecified atom stereocenters. The van der Waals surface area contributed by atoms with Crippen molar-refractivity contribution in [3.8, 4) is 0 Å². The summed E-state index contributed by atoms with van der Waals surface area (Å²) in [7, 11) is 0. The van der Waals surface area contributed by atoms with E-state index in [1.165, 1.54) is 4.68 Å². The summed E-state index contributed by atoms with van der Waals surface area (Å²) in [5.41, 5.74) is 4.75. The molecule has 1 aliphatic rings. The molecule has 0 aliphatic heterocycles. The zero-order valence-electron chi connectivity index (χ0n) is 21.5. The van der Waals surface area contributed by atoms with E-state index in [1.807, 2.05) is 37.8 Å². The molecule has 196 valence electrons. The van der Waals surface area contributed by atoms with Crippen LogP contribution in [0.15, 0.2) is 42.5 Å².